The number of nitrogens with zero attached hydrogens (tertiary/aromatic N) is 2. The number of hydrogen-bond acceptors (Lipinski definition) is 2. The summed E-state index contributed by atoms with van der Waals surface area (Å²) >= 11 is 0. The maximum atomic E-state index is 11.3. The summed E-state index contributed by atoms with van der Waals surface area (Å²) in [6.45, 7) is 2.17. The number of nitrogens with one attached hydrogen (secondary N) is 1. The van der Waals surface area contributed by atoms with Crippen molar-refractivity contribution in [2.24, 2.45) is 7.05 Å². The first-order chi connectivity index (χ1) is 15.0. The Kier molecular flexibility index (Phi) is 6.03. The third-order valence-electron chi connectivity index (χ3n) is 5.82. The van der Waals surface area contributed by atoms with Crippen molar-refractivity contribution in [3.8, 4) is 0 Å². The van der Waals surface area contributed by atoms with Gasteiger partial charge in [0.2, 0.25) is 0 Å². The van der Waals surface area contributed by atoms with E-state index in [-0.39, 0.29) is 12.0 Å². The maximum Gasteiger partial charge on any atom is 0.404 e. The molecule has 0 aliphatic heterocycles. The summed E-state index contributed by atoms with van der Waals surface area (Å²) in [7, 11) is 2.06. The minimum Gasteiger partial charge on any atom is -0.465 e. The largest absolute Gasteiger partial charge is 0.465 e. The molecule has 0 aliphatic carbocycles. The lowest BCUT2D eigenvalue weighted by Gasteiger charge is -2.18. The van der Waals surface area contributed by atoms with Gasteiger partial charge in [-0.1, -0.05) is 73.7 Å². The van der Waals surface area contributed by atoms with Gasteiger partial charge in [-0.15, -0.1) is 0 Å². The van der Waals surface area contributed by atoms with Crippen LogP contribution in [0.15, 0.2) is 78.9 Å². The second-order valence-corrected chi connectivity index (χ2v) is 8.02. The van der Waals surface area contributed by atoms with Crippen molar-refractivity contribution in [2.75, 3.05) is 0 Å². The lowest BCUT2D eigenvalue weighted by atomic mass is 9.95. The molecule has 0 saturated heterocycles. The Bertz CT molecular complexity index is 1170. The van der Waals surface area contributed by atoms with Crippen LogP contribution in [0.4, 0.5) is 4.79 Å². The quantitative estimate of drug-likeness (QED) is 0.440. The Morgan fingerprint density at radius 3 is 2.19 bits per heavy atom. The van der Waals surface area contributed by atoms with E-state index in [2.05, 4.69) is 54.2 Å². The normalized spacial score (nSPS) is 13.1. The van der Waals surface area contributed by atoms with E-state index in [4.69, 9.17) is 4.98 Å². The van der Waals surface area contributed by atoms with Gasteiger partial charge in [0, 0.05) is 19.0 Å². The van der Waals surface area contributed by atoms with Gasteiger partial charge < -0.3 is 15.0 Å². The van der Waals surface area contributed by atoms with Crippen molar-refractivity contribution in [1.29, 1.82) is 0 Å². The number of aromatic nitrogens is 2. The molecule has 0 aliphatic rings. The zero-order chi connectivity index (χ0) is 21.8. The molecular weight excluding hydrogens is 386 g/mol. The number of aryl methyl sites for hydroxylation is 1. The summed E-state index contributed by atoms with van der Waals surface area (Å²) in [4.78, 5) is 16.1. The lowest BCUT2D eigenvalue weighted by Crippen LogP contribution is -2.37. The van der Waals surface area contributed by atoms with Gasteiger partial charge in [0.15, 0.2) is 0 Å². The number of hydrogen-bond donors (Lipinski definition) is 2. The number of carbonyl (C=O) groups is 1. The van der Waals surface area contributed by atoms with Crippen LogP contribution in [-0.4, -0.2) is 26.8 Å². The van der Waals surface area contributed by atoms with E-state index in [0.29, 0.717) is 12.8 Å². The summed E-state index contributed by atoms with van der Waals surface area (Å²) in [5, 5.41) is 11.9. The zero-order valence-corrected chi connectivity index (χ0v) is 17.8. The van der Waals surface area contributed by atoms with Crippen LogP contribution in [0.1, 0.15) is 35.4 Å². The first-order valence-electron chi connectivity index (χ1n) is 10.5. The van der Waals surface area contributed by atoms with Crippen LogP contribution in [0.3, 0.4) is 0 Å². The maximum absolute atomic E-state index is 11.3. The first-order valence-corrected chi connectivity index (χ1v) is 10.5. The molecule has 2 atom stereocenters. The van der Waals surface area contributed by atoms with Crippen LogP contribution in [0.5, 0.6) is 0 Å². The van der Waals surface area contributed by atoms with Gasteiger partial charge in [0.1, 0.15) is 5.82 Å². The average Bonchev–Trinajstić information content (AvgIpc) is 3.11. The van der Waals surface area contributed by atoms with Gasteiger partial charge in [-0.05, 0) is 41.7 Å². The van der Waals surface area contributed by atoms with Crippen molar-refractivity contribution in [1.82, 2.24) is 14.9 Å². The van der Waals surface area contributed by atoms with Crippen molar-refractivity contribution in [2.45, 2.75) is 31.7 Å². The van der Waals surface area contributed by atoms with Crippen LogP contribution in [0.2, 0.25) is 0 Å². The zero-order valence-electron chi connectivity index (χ0n) is 17.8. The van der Waals surface area contributed by atoms with Crippen molar-refractivity contribution >= 4 is 17.1 Å². The fourth-order valence-electron chi connectivity index (χ4n) is 4.17. The second-order valence-electron chi connectivity index (χ2n) is 8.02. The highest BCUT2D eigenvalue weighted by molar-refractivity contribution is 5.76. The number of benzene rings is 3. The van der Waals surface area contributed by atoms with Crippen LogP contribution >= 0.6 is 0 Å². The SMILES string of the molecule is CC(c1ccc(CC(Cc2ccccc2)NC(=O)O)cc1)c1nc2ccccc2n1C. The number of carboxylic acid groups (broad SMARTS) is 1. The van der Waals surface area contributed by atoms with Crippen LogP contribution in [0, 0.1) is 0 Å². The van der Waals surface area contributed by atoms with E-state index < -0.39 is 6.09 Å². The van der Waals surface area contributed by atoms with Crippen molar-refractivity contribution in [3.05, 3.63) is 101 Å². The van der Waals surface area contributed by atoms with Gasteiger partial charge in [-0.25, -0.2) is 9.78 Å². The summed E-state index contributed by atoms with van der Waals surface area (Å²) in [6, 6.07) is 26.4. The molecule has 0 bridgehead atoms. The fraction of sp³-hybridized carbons (Fsp3) is 0.231. The highest BCUT2D eigenvalue weighted by Crippen LogP contribution is 2.27. The molecule has 4 aromatic rings. The molecule has 2 N–H and O–H groups in total. The van der Waals surface area contributed by atoms with E-state index in [1.165, 1.54) is 5.56 Å². The fourth-order valence-corrected chi connectivity index (χ4v) is 4.17. The van der Waals surface area contributed by atoms with E-state index >= 15 is 0 Å². The van der Waals surface area contributed by atoms with Crippen molar-refractivity contribution in [3.63, 3.8) is 0 Å². The molecule has 4 rings (SSSR count). The second kappa shape index (κ2) is 9.04. The number of rotatable bonds is 7. The van der Waals surface area contributed by atoms with Gasteiger partial charge in [0.05, 0.1) is 11.0 Å². The summed E-state index contributed by atoms with van der Waals surface area (Å²) in [5.74, 6) is 1.19. The molecular formula is C26H27N3O2. The van der Waals surface area contributed by atoms with E-state index in [1.807, 2.05) is 48.5 Å². The standard InChI is InChI=1S/C26H27N3O2/c1-18(25-28-23-10-6-7-11-24(23)29(25)2)21-14-12-20(13-15-21)17-22(27-26(30)31)16-19-8-4-3-5-9-19/h3-15,18,22,27H,16-17H2,1-2H3,(H,30,31). The predicted molar refractivity (Wildman–Crippen MR) is 123 cm³/mol. The Balaban J connectivity index is 1.50. The third kappa shape index (κ3) is 4.77. The predicted octanol–water partition coefficient (Wildman–Crippen LogP) is 5.15. The van der Waals surface area contributed by atoms with Gasteiger partial charge in [0.25, 0.3) is 0 Å². The molecule has 0 spiro atoms. The van der Waals surface area contributed by atoms with Crippen LogP contribution in [-0.2, 0) is 19.9 Å². The Hall–Kier alpha value is -3.60. The van der Waals surface area contributed by atoms with Gasteiger partial charge in [-0.3, -0.25) is 0 Å². The highest BCUT2D eigenvalue weighted by Gasteiger charge is 2.17. The van der Waals surface area contributed by atoms with Gasteiger partial charge in [-0.2, -0.15) is 0 Å². The molecule has 1 heterocycles. The minimum atomic E-state index is -0.993. The van der Waals surface area contributed by atoms with Crippen LogP contribution < -0.4 is 5.32 Å². The molecule has 1 aromatic heterocycles. The molecule has 3 aromatic carbocycles. The number of para-hydroxylation sites is 2. The smallest absolute Gasteiger partial charge is 0.404 e. The average molecular weight is 414 g/mol. The molecule has 31 heavy (non-hydrogen) atoms. The molecule has 1 amide bonds. The van der Waals surface area contributed by atoms with E-state index in [9.17, 15) is 9.90 Å². The molecule has 0 fully saturated rings. The van der Waals surface area contributed by atoms with E-state index in [0.717, 1.165) is 28.0 Å². The molecule has 2 unspecified atom stereocenters. The van der Waals surface area contributed by atoms with Gasteiger partial charge >= 0.3 is 6.09 Å². The Morgan fingerprint density at radius 1 is 0.935 bits per heavy atom. The van der Waals surface area contributed by atoms with E-state index in [1.54, 1.807) is 0 Å². The topological polar surface area (TPSA) is 67.2 Å². The first kappa shape index (κ1) is 20.7. The summed E-state index contributed by atoms with van der Waals surface area (Å²) in [6.07, 6.45) is 0.306. The minimum absolute atomic E-state index is 0.156. The molecule has 0 radical (unpaired) electrons. The molecule has 5 nitrogen and oxygen atoms in total. The van der Waals surface area contributed by atoms with Crippen LogP contribution in [0.25, 0.3) is 11.0 Å². The number of amides is 1. The third-order valence-corrected chi connectivity index (χ3v) is 5.82. The highest BCUT2D eigenvalue weighted by atomic mass is 16.4. The summed E-state index contributed by atoms with van der Waals surface area (Å²) < 4.78 is 2.15. The van der Waals surface area contributed by atoms with Crippen molar-refractivity contribution < 1.29 is 9.90 Å². The molecule has 0 saturated carbocycles. The molecule has 5 heteroatoms. The Labute approximate surface area is 182 Å². The lowest BCUT2D eigenvalue weighted by molar-refractivity contribution is 0.189. The monoisotopic (exact) mass is 413 g/mol. The number of imidazole rings is 1. The molecule has 158 valence electrons. The summed E-state index contributed by atoms with van der Waals surface area (Å²) in [5.41, 5.74) is 5.55. The Morgan fingerprint density at radius 2 is 1.55 bits per heavy atom. The number of fused-ring (bicyclic) bond motifs is 1.